The van der Waals surface area contributed by atoms with E-state index in [0.29, 0.717) is 13.0 Å². The highest BCUT2D eigenvalue weighted by atomic mass is 16.2. The van der Waals surface area contributed by atoms with Gasteiger partial charge in [-0.1, -0.05) is 0 Å². The van der Waals surface area contributed by atoms with Gasteiger partial charge in [0.2, 0.25) is 5.91 Å². The second kappa shape index (κ2) is 5.48. The predicted octanol–water partition coefficient (Wildman–Crippen LogP) is -0.298. The van der Waals surface area contributed by atoms with E-state index in [1.165, 1.54) is 0 Å². The lowest BCUT2D eigenvalue weighted by molar-refractivity contribution is -0.127. The fourth-order valence-corrected chi connectivity index (χ4v) is 3.07. The summed E-state index contributed by atoms with van der Waals surface area (Å²) in [6, 6.07) is 1.32. The van der Waals surface area contributed by atoms with Gasteiger partial charge in [0.15, 0.2) is 0 Å². The van der Waals surface area contributed by atoms with Crippen molar-refractivity contribution in [2.75, 3.05) is 18.0 Å². The van der Waals surface area contributed by atoms with Gasteiger partial charge in [-0.25, -0.2) is 0 Å². The van der Waals surface area contributed by atoms with Crippen LogP contribution in [0, 0.1) is 6.92 Å². The van der Waals surface area contributed by atoms with E-state index in [9.17, 15) is 9.59 Å². The molecule has 0 radical (unpaired) electrons. The number of nitrogens with zero attached hydrogens (tertiary/aromatic N) is 3. The number of aryl methyl sites for hydroxylation is 2. The summed E-state index contributed by atoms with van der Waals surface area (Å²) in [6.45, 7) is 3.38. The molecular formula is C14H21N5O2. The lowest BCUT2D eigenvalue weighted by Gasteiger charge is -2.18. The van der Waals surface area contributed by atoms with Crippen molar-refractivity contribution in [2.45, 2.75) is 38.3 Å². The van der Waals surface area contributed by atoms with Crippen LogP contribution in [0.25, 0.3) is 0 Å². The first-order valence-corrected chi connectivity index (χ1v) is 7.42. The summed E-state index contributed by atoms with van der Waals surface area (Å²) in [5.41, 5.74) is 0.878. The summed E-state index contributed by atoms with van der Waals surface area (Å²) in [6.07, 6.45) is 2.50. The highest BCUT2D eigenvalue weighted by Crippen LogP contribution is 2.22. The molecule has 0 unspecified atom stereocenters. The van der Waals surface area contributed by atoms with Crippen LogP contribution >= 0.6 is 0 Å². The molecule has 114 valence electrons. The Morgan fingerprint density at radius 1 is 1.48 bits per heavy atom. The van der Waals surface area contributed by atoms with Gasteiger partial charge in [-0.15, -0.1) is 0 Å². The zero-order chi connectivity index (χ0) is 15.0. The van der Waals surface area contributed by atoms with Crippen molar-refractivity contribution in [1.82, 2.24) is 20.4 Å². The largest absolute Gasteiger partial charge is 0.343 e. The second-order valence-corrected chi connectivity index (χ2v) is 5.76. The molecular weight excluding hydrogens is 270 g/mol. The minimum Gasteiger partial charge on any atom is -0.343 e. The molecule has 2 amide bonds. The van der Waals surface area contributed by atoms with E-state index >= 15 is 0 Å². The number of amides is 2. The molecule has 1 aromatic rings. The Kier molecular flexibility index (Phi) is 3.67. The quantitative estimate of drug-likeness (QED) is 0.801. The Morgan fingerprint density at radius 3 is 2.90 bits per heavy atom. The Morgan fingerprint density at radius 2 is 2.29 bits per heavy atom. The van der Waals surface area contributed by atoms with E-state index in [4.69, 9.17) is 0 Å². The summed E-state index contributed by atoms with van der Waals surface area (Å²) in [4.78, 5) is 26.3. The molecule has 0 spiro atoms. The van der Waals surface area contributed by atoms with Crippen molar-refractivity contribution in [1.29, 1.82) is 0 Å². The number of rotatable bonds is 3. The lowest BCUT2D eigenvalue weighted by Crippen LogP contribution is -2.48. The molecule has 2 atom stereocenters. The van der Waals surface area contributed by atoms with Crippen LogP contribution in [0.4, 0.5) is 5.82 Å². The average molecular weight is 291 g/mol. The monoisotopic (exact) mass is 291 g/mol. The van der Waals surface area contributed by atoms with Crippen LogP contribution < -0.4 is 15.5 Å². The Bertz CT molecular complexity index is 562. The van der Waals surface area contributed by atoms with Crippen molar-refractivity contribution in [3.63, 3.8) is 0 Å². The highest BCUT2D eigenvalue weighted by molar-refractivity contribution is 6.01. The number of hydrogen-bond acceptors (Lipinski definition) is 4. The highest BCUT2D eigenvalue weighted by Gasteiger charge is 2.36. The molecule has 0 bridgehead atoms. The molecule has 7 nitrogen and oxygen atoms in total. The smallest absolute Gasteiger partial charge is 0.250 e. The van der Waals surface area contributed by atoms with Crippen LogP contribution in [0.1, 0.15) is 25.0 Å². The topological polar surface area (TPSA) is 79.3 Å². The zero-order valence-electron chi connectivity index (χ0n) is 12.4. The molecule has 2 fully saturated rings. The van der Waals surface area contributed by atoms with E-state index in [1.54, 1.807) is 9.58 Å². The number of carbonyl (C=O) groups is 2. The second-order valence-electron chi connectivity index (χ2n) is 5.76. The Hall–Kier alpha value is -1.89. The lowest BCUT2D eigenvalue weighted by atomic mass is 10.2. The fourth-order valence-electron chi connectivity index (χ4n) is 3.07. The summed E-state index contributed by atoms with van der Waals surface area (Å²) >= 11 is 0. The summed E-state index contributed by atoms with van der Waals surface area (Å²) in [5, 5.41) is 10.3. The van der Waals surface area contributed by atoms with Gasteiger partial charge in [0, 0.05) is 19.7 Å². The predicted molar refractivity (Wildman–Crippen MR) is 77.9 cm³/mol. The van der Waals surface area contributed by atoms with E-state index < -0.39 is 6.04 Å². The minimum absolute atomic E-state index is 0.0515. The fraction of sp³-hybridized carbons (Fsp3) is 0.643. The van der Waals surface area contributed by atoms with Crippen molar-refractivity contribution in [3.05, 3.63) is 11.8 Å². The van der Waals surface area contributed by atoms with E-state index in [2.05, 4.69) is 15.7 Å². The summed E-state index contributed by atoms with van der Waals surface area (Å²) in [5.74, 6) is 0.673. The maximum absolute atomic E-state index is 12.5. The van der Waals surface area contributed by atoms with Gasteiger partial charge in [-0.05, 0) is 32.7 Å². The van der Waals surface area contributed by atoms with Crippen LogP contribution in [-0.4, -0.2) is 46.8 Å². The van der Waals surface area contributed by atoms with Crippen molar-refractivity contribution in [2.24, 2.45) is 7.05 Å². The molecule has 3 heterocycles. The SMILES string of the molecule is Cc1cc(N2CC[C@@H](NC(=O)[C@H]3CCCN3)C2=O)n(C)n1. The minimum atomic E-state index is -0.421. The molecule has 0 saturated carbocycles. The van der Waals surface area contributed by atoms with Gasteiger partial charge in [-0.3, -0.25) is 19.2 Å². The molecule has 3 rings (SSSR count). The maximum Gasteiger partial charge on any atom is 0.250 e. The average Bonchev–Trinajstić information content (AvgIpc) is 3.13. The Labute approximate surface area is 123 Å². The van der Waals surface area contributed by atoms with Crippen molar-refractivity contribution >= 4 is 17.6 Å². The third-order valence-electron chi connectivity index (χ3n) is 4.15. The van der Waals surface area contributed by atoms with Gasteiger partial charge in [0.1, 0.15) is 11.9 Å². The zero-order valence-corrected chi connectivity index (χ0v) is 12.4. The molecule has 2 aliphatic rings. The molecule has 7 heteroatoms. The first-order valence-electron chi connectivity index (χ1n) is 7.42. The van der Waals surface area contributed by atoms with Crippen LogP contribution in [-0.2, 0) is 16.6 Å². The molecule has 1 aromatic heterocycles. The number of hydrogen-bond donors (Lipinski definition) is 2. The number of nitrogens with one attached hydrogen (secondary N) is 2. The van der Waals surface area contributed by atoms with Gasteiger partial charge in [-0.2, -0.15) is 5.10 Å². The first-order chi connectivity index (χ1) is 10.1. The third kappa shape index (κ3) is 2.65. The first kappa shape index (κ1) is 14.1. The van der Waals surface area contributed by atoms with Crippen molar-refractivity contribution < 1.29 is 9.59 Å². The Balaban J connectivity index is 1.66. The molecule has 2 N–H and O–H groups in total. The molecule has 0 aliphatic carbocycles. The number of aromatic nitrogens is 2. The van der Waals surface area contributed by atoms with Crippen LogP contribution in [0.2, 0.25) is 0 Å². The molecule has 0 aromatic carbocycles. The van der Waals surface area contributed by atoms with E-state index in [1.807, 2.05) is 20.0 Å². The standard InChI is InChI=1S/C14H21N5O2/c1-9-8-12(18(2)17-9)19-7-5-11(14(19)21)16-13(20)10-4-3-6-15-10/h8,10-11,15H,3-7H2,1-2H3,(H,16,20)/t10-,11-/m1/s1. The van der Waals surface area contributed by atoms with Crippen LogP contribution in [0.3, 0.4) is 0 Å². The summed E-state index contributed by atoms with van der Waals surface area (Å²) in [7, 11) is 1.82. The van der Waals surface area contributed by atoms with Crippen LogP contribution in [0.15, 0.2) is 6.07 Å². The van der Waals surface area contributed by atoms with Gasteiger partial charge < -0.3 is 10.6 Å². The van der Waals surface area contributed by atoms with Crippen molar-refractivity contribution in [3.8, 4) is 0 Å². The van der Waals surface area contributed by atoms with Crippen LogP contribution in [0.5, 0.6) is 0 Å². The maximum atomic E-state index is 12.5. The van der Waals surface area contributed by atoms with Gasteiger partial charge >= 0.3 is 0 Å². The normalized spacial score (nSPS) is 25.6. The van der Waals surface area contributed by atoms with E-state index in [-0.39, 0.29) is 17.9 Å². The number of carbonyl (C=O) groups excluding carboxylic acids is 2. The molecule has 21 heavy (non-hydrogen) atoms. The molecule has 2 saturated heterocycles. The third-order valence-corrected chi connectivity index (χ3v) is 4.15. The van der Waals surface area contributed by atoms with E-state index in [0.717, 1.165) is 30.9 Å². The summed E-state index contributed by atoms with van der Waals surface area (Å²) < 4.78 is 1.70. The van der Waals surface area contributed by atoms with Gasteiger partial charge in [0.05, 0.1) is 11.7 Å². The number of anilines is 1. The molecule has 2 aliphatic heterocycles. The van der Waals surface area contributed by atoms with Gasteiger partial charge in [0.25, 0.3) is 5.91 Å².